The number of anilines is 1. The SMILES string of the molecule is COc1cc(/C=c2/sc3n(c2=O)[C@@H](c2ccc(F)cc2)C(C(=O)Nc2ccccc2)=C(C)N=3)ccc1OCC(=O)N1CCOCC1. The summed E-state index contributed by atoms with van der Waals surface area (Å²) in [6.07, 6.45) is 1.71. The molecule has 12 heteroatoms. The second kappa shape index (κ2) is 13.5. The van der Waals surface area contributed by atoms with E-state index in [1.54, 1.807) is 60.4 Å². The van der Waals surface area contributed by atoms with E-state index in [0.29, 0.717) is 69.6 Å². The molecule has 2 aliphatic rings. The maximum Gasteiger partial charge on any atom is 0.271 e. The maximum atomic E-state index is 14.0. The molecule has 1 N–H and O–H groups in total. The molecule has 0 aliphatic carbocycles. The zero-order valence-corrected chi connectivity index (χ0v) is 26.0. The number of methoxy groups -OCH3 is 1. The van der Waals surface area contributed by atoms with Gasteiger partial charge < -0.3 is 24.4 Å². The summed E-state index contributed by atoms with van der Waals surface area (Å²) < 4.78 is 32.4. The fourth-order valence-corrected chi connectivity index (χ4v) is 6.43. The number of amides is 2. The third-order valence-corrected chi connectivity index (χ3v) is 8.67. The molecule has 0 bridgehead atoms. The molecule has 1 atom stereocenters. The average molecular weight is 643 g/mol. The van der Waals surface area contributed by atoms with Crippen LogP contribution in [-0.2, 0) is 14.3 Å². The number of benzene rings is 3. The van der Waals surface area contributed by atoms with Crippen LogP contribution < -0.4 is 29.7 Å². The van der Waals surface area contributed by atoms with Gasteiger partial charge >= 0.3 is 0 Å². The Morgan fingerprint density at radius 3 is 2.52 bits per heavy atom. The van der Waals surface area contributed by atoms with Crippen molar-refractivity contribution in [3.8, 4) is 11.5 Å². The quantitative estimate of drug-likeness (QED) is 0.316. The summed E-state index contributed by atoms with van der Waals surface area (Å²) in [6.45, 7) is 3.63. The standard InChI is InChI=1S/C34H31FN4O6S/c1-21-30(32(41)37-25-6-4-3-5-7-25)31(23-9-11-24(35)12-10-23)39-33(42)28(46-34(39)36-21)19-22-8-13-26(27(18-22)43-2)45-20-29(40)38-14-16-44-17-15-38/h3-13,18-19,31H,14-17,20H2,1-2H3,(H,37,41)/b28-19+/t31-/m0/s1. The highest BCUT2D eigenvalue weighted by molar-refractivity contribution is 7.07. The van der Waals surface area contributed by atoms with Gasteiger partial charge in [0.25, 0.3) is 17.4 Å². The Morgan fingerprint density at radius 1 is 1.07 bits per heavy atom. The molecule has 46 heavy (non-hydrogen) atoms. The van der Waals surface area contributed by atoms with Gasteiger partial charge in [0.2, 0.25) is 0 Å². The number of thiazole rings is 1. The molecule has 10 nitrogen and oxygen atoms in total. The van der Waals surface area contributed by atoms with Crippen molar-refractivity contribution in [1.82, 2.24) is 9.47 Å². The van der Waals surface area contributed by atoms with Gasteiger partial charge in [0.05, 0.1) is 42.2 Å². The first kappa shape index (κ1) is 30.9. The Labute approximate surface area is 267 Å². The first-order valence-corrected chi connectivity index (χ1v) is 15.4. The van der Waals surface area contributed by atoms with E-state index in [1.165, 1.54) is 35.1 Å². The zero-order valence-electron chi connectivity index (χ0n) is 25.2. The van der Waals surface area contributed by atoms with Crippen LogP contribution >= 0.6 is 11.3 Å². The van der Waals surface area contributed by atoms with E-state index >= 15 is 0 Å². The number of rotatable bonds is 8. The Hall–Kier alpha value is -5.07. The van der Waals surface area contributed by atoms with Crippen molar-refractivity contribution in [2.75, 3.05) is 45.3 Å². The highest BCUT2D eigenvalue weighted by atomic mass is 32.1. The first-order chi connectivity index (χ1) is 22.3. The summed E-state index contributed by atoms with van der Waals surface area (Å²) in [7, 11) is 1.50. The minimum atomic E-state index is -0.836. The van der Waals surface area contributed by atoms with Gasteiger partial charge in [-0.15, -0.1) is 0 Å². The number of carbonyl (C=O) groups excluding carboxylic acids is 2. The molecule has 0 unspecified atom stereocenters. The van der Waals surface area contributed by atoms with Crippen LogP contribution in [0.15, 0.2) is 93.9 Å². The van der Waals surface area contributed by atoms with Gasteiger partial charge in [-0.3, -0.25) is 19.0 Å². The number of halogens is 1. The normalized spacial score (nSPS) is 16.5. The predicted octanol–water partition coefficient (Wildman–Crippen LogP) is 3.26. The van der Waals surface area contributed by atoms with E-state index in [-0.39, 0.29) is 23.6 Å². The predicted molar refractivity (Wildman–Crippen MR) is 171 cm³/mol. The smallest absolute Gasteiger partial charge is 0.271 e. The number of allylic oxidation sites excluding steroid dienone is 1. The first-order valence-electron chi connectivity index (χ1n) is 14.6. The van der Waals surface area contributed by atoms with Gasteiger partial charge in [-0.05, 0) is 60.5 Å². The molecule has 3 heterocycles. The molecular weight excluding hydrogens is 611 g/mol. The molecule has 1 fully saturated rings. The van der Waals surface area contributed by atoms with Crippen LogP contribution in [0.3, 0.4) is 0 Å². The van der Waals surface area contributed by atoms with Crippen molar-refractivity contribution >= 4 is 34.9 Å². The fourth-order valence-electron chi connectivity index (χ4n) is 5.38. The van der Waals surface area contributed by atoms with Crippen LogP contribution in [0.1, 0.15) is 24.1 Å². The molecule has 1 saturated heterocycles. The number of nitrogens with zero attached hydrogens (tertiary/aromatic N) is 3. The topological polar surface area (TPSA) is 111 Å². The molecule has 0 saturated carbocycles. The molecule has 236 valence electrons. The maximum absolute atomic E-state index is 14.0. The Morgan fingerprint density at radius 2 is 1.80 bits per heavy atom. The van der Waals surface area contributed by atoms with Crippen molar-refractivity contribution < 1.29 is 28.2 Å². The van der Waals surface area contributed by atoms with E-state index < -0.39 is 17.8 Å². The van der Waals surface area contributed by atoms with Gasteiger partial charge in [-0.25, -0.2) is 9.38 Å². The number of carbonyl (C=O) groups is 2. The van der Waals surface area contributed by atoms with Gasteiger partial charge in [0, 0.05) is 18.8 Å². The molecule has 3 aromatic carbocycles. The van der Waals surface area contributed by atoms with Crippen LogP contribution in [-0.4, -0.2) is 61.3 Å². The highest BCUT2D eigenvalue weighted by Crippen LogP contribution is 2.31. The minimum Gasteiger partial charge on any atom is -0.493 e. The van der Waals surface area contributed by atoms with Crippen LogP contribution in [0.25, 0.3) is 6.08 Å². The molecule has 4 aromatic rings. The van der Waals surface area contributed by atoms with Crippen LogP contribution in [0, 0.1) is 5.82 Å². The molecule has 0 spiro atoms. The summed E-state index contributed by atoms with van der Waals surface area (Å²) >= 11 is 1.18. The largest absolute Gasteiger partial charge is 0.493 e. The average Bonchev–Trinajstić information content (AvgIpc) is 3.37. The number of fused-ring (bicyclic) bond motifs is 1. The van der Waals surface area contributed by atoms with Crippen molar-refractivity contribution in [2.24, 2.45) is 4.99 Å². The van der Waals surface area contributed by atoms with E-state index in [2.05, 4.69) is 10.3 Å². The number of aromatic nitrogens is 1. The summed E-state index contributed by atoms with van der Waals surface area (Å²) in [5.74, 6) is -0.194. The highest BCUT2D eigenvalue weighted by Gasteiger charge is 2.32. The van der Waals surface area contributed by atoms with Crippen molar-refractivity contribution in [3.63, 3.8) is 0 Å². The molecule has 0 radical (unpaired) electrons. The molecule has 2 aliphatic heterocycles. The number of ether oxygens (including phenoxy) is 3. The summed E-state index contributed by atoms with van der Waals surface area (Å²) in [4.78, 5) is 47.0. The number of morpholine rings is 1. The minimum absolute atomic E-state index is 0.140. The fraction of sp³-hybridized carbons (Fsp3) is 0.235. The summed E-state index contributed by atoms with van der Waals surface area (Å²) in [5, 5.41) is 2.90. The lowest BCUT2D eigenvalue weighted by molar-refractivity contribution is -0.137. The lowest BCUT2D eigenvalue weighted by atomic mass is 9.95. The van der Waals surface area contributed by atoms with Gasteiger partial charge in [0.15, 0.2) is 22.9 Å². The van der Waals surface area contributed by atoms with E-state index in [9.17, 15) is 18.8 Å². The van der Waals surface area contributed by atoms with Crippen molar-refractivity contribution in [3.05, 3.63) is 121 Å². The molecular formula is C34H31FN4O6S. The second-order valence-electron chi connectivity index (χ2n) is 10.6. The van der Waals surface area contributed by atoms with Gasteiger partial charge in [0.1, 0.15) is 5.82 Å². The summed E-state index contributed by atoms with van der Waals surface area (Å²) in [6, 6.07) is 19.1. The zero-order chi connectivity index (χ0) is 32.2. The van der Waals surface area contributed by atoms with E-state index in [4.69, 9.17) is 14.2 Å². The van der Waals surface area contributed by atoms with Crippen molar-refractivity contribution in [2.45, 2.75) is 13.0 Å². The Balaban J connectivity index is 1.33. The van der Waals surface area contributed by atoms with Crippen LogP contribution in [0.5, 0.6) is 11.5 Å². The van der Waals surface area contributed by atoms with Gasteiger partial charge in [-0.2, -0.15) is 0 Å². The molecule has 6 rings (SSSR count). The number of para-hydroxylation sites is 1. The molecule has 2 amide bonds. The lowest BCUT2D eigenvalue weighted by Gasteiger charge is -2.26. The monoisotopic (exact) mass is 642 g/mol. The second-order valence-corrected chi connectivity index (χ2v) is 11.7. The van der Waals surface area contributed by atoms with Crippen LogP contribution in [0.2, 0.25) is 0 Å². The van der Waals surface area contributed by atoms with E-state index in [1.807, 2.05) is 18.2 Å². The number of hydrogen-bond donors (Lipinski definition) is 1. The molecule has 1 aromatic heterocycles. The van der Waals surface area contributed by atoms with Crippen LogP contribution in [0.4, 0.5) is 10.1 Å². The third kappa shape index (κ3) is 6.49. The summed E-state index contributed by atoms with van der Waals surface area (Å²) in [5.41, 5.74) is 2.19. The lowest BCUT2D eigenvalue weighted by Crippen LogP contribution is -2.43. The van der Waals surface area contributed by atoms with Crippen molar-refractivity contribution in [1.29, 1.82) is 0 Å². The van der Waals surface area contributed by atoms with E-state index in [0.717, 1.165) is 0 Å². The number of nitrogens with one attached hydrogen (secondary N) is 1. The Bertz CT molecular complexity index is 1980. The Kier molecular flexibility index (Phi) is 9.08. The third-order valence-electron chi connectivity index (χ3n) is 7.68. The van der Waals surface area contributed by atoms with Gasteiger partial charge in [-0.1, -0.05) is 47.7 Å². The number of hydrogen-bond acceptors (Lipinski definition) is 8.